The molecule has 1 aromatic heterocycles. The molecule has 4 rings (SSSR count). The SMILES string of the molecule is N#C[C@@H]1CCCN1C(=O)[C@@H](N)Cc1c[nH]c2ccc(Oc3ccc([N+](=O)[O-])cc3)cc12. The first-order valence-corrected chi connectivity index (χ1v) is 9.94. The van der Waals surface area contributed by atoms with Crippen LogP contribution in [0, 0.1) is 21.4 Å². The van der Waals surface area contributed by atoms with E-state index in [1.165, 1.54) is 24.3 Å². The summed E-state index contributed by atoms with van der Waals surface area (Å²) in [4.78, 5) is 27.8. The number of hydrogen-bond acceptors (Lipinski definition) is 6. The topological polar surface area (TPSA) is 138 Å². The lowest BCUT2D eigenvalue weighted by atomic mass is 10.0. The summed E-state index contributed by atoms with van der Waals surface area (Å²) in [6.45, 7) is 0.561. The van der Waals surface area contributed by atoms with E-state index in [4.69, 9.17) is 10.5 Å². The van der Waals surface area contributed by atoms with Crippen LogP contribution in [-0.2, 0) is 11.2 Å². The highest BCUT2D eigenvalue weighted by molar-refractivity contribution is 5.87. The molecule has 2 atom stereocenters. The van der Waals surface area contributed by atoms with E-state index < -0.39 is 17.0 Å². The zero-order chi connectivity index (χ0) is 22.0. The Bertz CT molecular complexity index is 1160. The largest absolute Gasteiger partial charge is 0.457 e. The normalized spacial score (nSPS) is 16.8. The van der Waals surface area contributed by atoms with E-state index in [-0.39, 0.29) is 11.6 Å². The number of ether oxygens (including phenoxy) is 1. The standard InChI is InChI=1S/C22H21N5O4/c23-12-16-2-1-9-26(16)22(28)20(24)10-14-13-25-21-8-7-18(11-19(14)21)31-17-5-3-15(4-6-17)27(29)30/h3-8,11,13,16,20,25H,1-2,9-10,24H2/t16-,20-/m0/s1. The number of fused-ring (bicyclic) bond motifs is 1. The Morgan fingerprint density at radius 1 is 1.32 bits per heavy atom. The van der Waals surface area contributed by atoms with Gasteiger partial charge in [-0.2, -0.15) is 5.26 Å². The molecular weight excluding hydrogens is 398 g/mol. The van der Waals surface area contributed by atoms with Gasteiger partial charge in [0.25, 0.3) is 5.69 Å². The van der Waals surface area contributed by atoms with Crippen LogP contribution in [0.1, 0.15) is 18.4 Å². The summed E-state index contributed by atoms with van der Waals surface area (Å²) in [5.41, 5.74) is 7.94. The van der Waals surface area contributed by atoms with Gasteiger partial charge in [0.1, 0.15) is 17.5 Å². The monoisotopic (exact) mass is 419 g/mol. The van der Waals surface area contributed by atoms with Crippen molar-refractivity contribution in [2.75, 3.05) is 6.54 Å². The first kappa shape index (κ1) is 20.4. The van der Waals surface area contributed by atoms with E-state index in [0.717, 1.165) is 22.9 Å². The maximum Gasteiger partial charge on any atom is 0.269 e. The molecule has 1 aliphatic heterocycles. The Morgan fingerprint density at radius 2 is 2.06 bits per heavy atom. The molecule has 1 fully saturated rings. The summed E-state index contributed by atoms with van der Waals surface area (Å²) in [5, 5.41) is 20.9. The number of carbonyl (C=O) groups is 1. The predicted molar refractivity (Wildman–Crippen MR) is 113 cm³/mol. The summed E-state index contributed by atoms with van der Waals surface area (Å²) in [6.07, 6.45) is 3.65. The van der Waals surface area contributed by atoms with Gasteiger partial charge in [-0.25, -0.2) is 0 Å². The molecule has 2 aromatic carbocycles. The number of benzene rings is 2. The van der Waals surface area contributed by atoms with Gasteiger partial charge in [0.15, 0.2) is 0 Å². The summed E-state index contributed by atoms with van der Waals surface area (Å²) in [5.74, 6) is 0.827. The molecule has 0 spiro atoms. The number of likely N-dealkylation sites (tertiary alicyclic amines) is 1. The molecule has 9 nitrogen and oxygen atoms in total. The highest BCUT2D eigenvalue weighted by Gasteiger charge is 2.31. The van der Waals surface area contributed by atoms with Crippen LogP contribution in [0.4, 0.5) is 5.69 Å². The smallest absolute Gasteiger partial charge is 0.269 e. The van der Waals surface area contributed by atoms with Crippen LogP contribution in [0.3, 0.4) is 0 Å². The number of hydrogen-bond donors (Lipinski definition) is 2. The van der Waals surface area contributed by atoms with Crippen LogP contribution < -0.4 is 10.5 Å². The summed E-state index contributed by atoms with van der Waals surface area (Å²) in [7, 11) is 0. The molecule has 0 bridgehead atoms. The minimum absolute atomic E-state index is 0.00832. The fourth-order valence-electron chi connectivity index (χ4n) is 3.86. The molecule has 0 unspecified atom stereocenters. The zero-order valence-electron chi connectivity index (χ0n) is 16.7. The van der Waals surface area contributed by atoms with Crippen molar-refractivity contribution in [3.63, 3.8) is 0 Å². The fourth-order valence-corrected chi connectivity index (χ4v) is 3.86. The van der Waals surface area contributed by atoms with Crippen molar-refractivity contribution in [3.8, 4) is 17.6 Å². The number of nitrogens with zero attached hydrogens (tertiary/aromatic N) is 3. The molecule has 1 saturated heterocycles. The second-order valence-electron chi connectivity index (χ2n) is 7.50. The Labute approximate surface area is 178 Å². The van der Waals surface area contributed by atoms with Gasteiger partial charge in [0, 0.05) is 35.8 Å². The molecule has 0 aliphatic carbocycles. The number of nitrogens with one attached hydrogen (secondary N) is 1. The highest BCUT2D eigenvalue weighted by Crippen LogP contribution is 2.29. The maximum atomic E-state index is 12.7. The molecule has 1 aliphatic rings. The second kappa shape index (κ2) is 8.45. The molecule has 0 radical (unpaired) electrons. The number of nitriles is 1. The molecule has 158 valence electrons. The van der Waals surface area contributed by atoms with E-state index in [9.17, 15) is 20.2 Å². The van der Waals surface area contributed by atoms with Gasteiger partial charge in [0.2, 0.25) is 5.91 Å². The predicted octanol–water partition coefficient (Wildman–Crippen LogP) is 3.25. The average Bonchev–Trinajstić information content (AvgIpc) is 3.40. The minimum atomic E-state index is -0.743. The van der Waals surface area contributed by atoms with E-state index in [0.29, 0.717) is 30.9 Å². The van der Waals surface area contributed by atoms with Gasteiger partial charge < -0.3 is 20.4 Å². The van der Waals surface area contributed by atoms with Crippen molar-refractivity contribution in [2.24, 2.45) is 5.73 Å². The quantitative estimate of drug-likeness (QED) is 0.464. The van der Waals surface area contributed by atoms with Crippen LogP contribution in [0.25, 0.3) is 10.9 Å². The van der Waals surface area contributed by atoms with Gasteiger partial charge in [-0.05, 0) is 55.2 Å². The first-order valence-electron chi connectivity index (χ1n) is 9.94. The number of rotatable bonds is 6. The van der Waals surface area contributed by atoms with Crippen LogP contribution in [-0.4, -0.2) is 39.3 Å². The van der Waals surface area contributed by atoms with Crippen molar-refractivity contribution in [3.05, 3.63) is 64.3 Å². The third-order valence-electron chi connectivity index (χ3n) is 5.46. The second-order valence-corrected chi connectivity index (χ2v) is 7.50. The lowest BCUT2D eigenvalue weighted by Crippen LogP contribution is -2.46. The van der Waals surface area contributed by atoms with E-state index in [1.54, 1.807) is 11.0 Å². The molecule has 2 heterocycles. The van der Waals surface area contributed by atoms with Crippen LogP contribution in [0.15, 0.2) is 48.7 Å². The van der Waals surface area contributed by atoms with Crippen molar-refractivity contribution in [1.29, 1.82) is 5.26 Å². The van der Waals surface area contributed by atoms with Crippen molar-refractivity contribution in [2.45, 2.75) is 31.3 Å². The zero-order valence-corrected chi connectivity index (χ0v) is 16.7. The number of non-ortho nitro benzene ring substituents is 1. The van der Waals surface area contributed by atoms with E-state index in [2.05, 4.69) is 11.1 Å². The molecule has 1 amide bonds. The summed E-state index contributed by atoms with van der Waals surface area (Å²) in [6, 6.07) is 12.4. The third kappa shape index (κ3) is 4.20. The van der Waals surface area contributed by atoms with Gasteiger partial charge in [-0.1, -0.05) is 0 Å². The van der Waals surface area contributed by atoms with Gasteiger partial charge >= 0.3 is 0 Å². The lowest BCUT2D eigenvalue weighted by Gasteiger charge is -2.23. The number of nitro benzene ring substituents is 1. The number of nitrogens with two attached hydrogens (primary N) is 1. The van der Waals surface area contributed by atoms with Crippen LogP contribution in [0.2, 0.25) is 0 Å². The Balaban J connectivity index is 1.51. The fraction of sp³-hybridized carbons (Fsp3) is 0.273. The molecule has 0 saturated carbocycles. The highest BCUT2D eigenvalue weighted by atomic mass is 16.6. The number of carbonyl (C=O) groups excluding carboxylic acids is 1. The molecule has 3 aromatic rings. The van der Waals surface area contributed by atoms with Crippen LogP contribution >= 0.6 is 0 Å². The molecular formula is C22H21N5O4. The molecule has 9 heteroatoms. The Morgan fingerprint density at radius 3 is 2.77 bits per heavy atom. The maximum absolute atomic E-state index is 12.7. The number of nitro groups is 1. The first-order chi connectivity index (χ1) is 15.0. The molecule has 3 N–H and O–H groups in total. The lowest BCUT2D eigenvalue weighted by molar-refractivity contribution is -0.384. The number of H-pyrrole nitrogens is 1. The van der Waals surface area contributed by atoms with Gasteiger partial charge in [0.05, 0.1) is 17.0 Å². The average molecular weight is 419 g/mol. The van der Waals surface area contributed by atoms with Crippen molar-refractivity contribution < 1.29 is 14.5 Å². The van der Waals surface area contributed by atoms with Gasteiger partial charge in [-0.15, -0.1) is 0 Å². The van der Waals surface area contributed by atoms with Gasteiger partial charge in [-0.3, -0.25) is 14.9 Å². The van der Waals surface area contributed by atoms with Crippen molar-refractivity contribution in [1.82, 2.24) is 9.88 Å². The van der Waals surface area contributed by atoms with E-state index in [1.807, 2.05) is 18.3 Å². The van der Waals surface area contributed by atoms with E-state index >= 15 is 0 Å². The third-order valence-corrected chi connectivity index (χ3v) is 5.46. The van der Waals surface area contributed by atoms with Crippen LogP contribution in [0.5, 0.6) is 11.5 Å². The van der Waals surface area contributed by atoms with Crippen molar-refractivity contribution >= 4 is 22.5 Å². The summed E-state index contributed by atoms with van der Waals surface area (Å²) >= 11 is 0. The minimum Gasteiger partial charge on any atom is -0.457 e. The Kier molecular flexibility index (Phi) is 5.56. The number of aromatic nitrogens is 1. The number of amides is 1. The summed E-state index contributed by atoms with van der Waals surface area (Å²) < 4.78 is 5.83. The Hall–Kier alpha value is -3.90. The molecule has 31 heavy (non-hydrogen) atoms. The number of aromatic amines is 1.